The van der Waals surface area contributed by atoms with Crippen molar-refractivity contribution in [3.8, 4) is 22.8 Å². The first-order valence-corrected chi connectivity index (χ1v) is 13.9. The maximum atomic E-state index is 13.0. The Labute approximate surface area is 230 Å². The average molecular weight is 521 g/mol. The van der Waals surface area contributed by atoms with Gasteiger partial charge >= 0.3 is 0 Å². The SMILES string of the molecule is CC(C)c1ccccc1-c1ncc2c(n1)N(Cc1ccc(-c3ncc(C4CCN(C)CC4)n3C)cc1)C(=O)C2. The third-order valence-electron chi connectivity index (χ3n) is 8.28. The van der Waals surface area contributed by atoms with Gasteiger partial charge in [0.15, 0.2) is 5.82 Å². The van der Waals surface area contributed by atoms with Crippen LogP contribution in [0.3, 0.4) is 0 Å². The number of hydrogen-bond donors (Lipinski definition) is 0. The zero-order chi connectivity index (χ0) is 27.1. The summed E-state index contributed by atoms with van der Waals surface area (Å²) in [7, 11) is 4.32. The Balaban J connectivity index is 1.22. The summed E-state index contributed by atoms with van der Waals surface area (Å²) in [5.41, 5.74) is 6.58. The van der Waals surface area contributed by atoms with E-state index in [1.54, 1.807) is 4.90 Å². The number of likely N-dealkylation sites (tertiary alicyclic amines) is 1. The van der Waals surface area contributed by atoms with Gasteiger partial charge in [0, 0.05) is 47.7 Å². The van der Waals surface area contributed by atoms with E-state index < -0.39 is 0 Å². The number of aromatic nitrogens is 4. The van der Waals surface area contributed by atoms with Crippen molar-refractivity contribution in [3.63, 3.8) is 0 Å². The lowest BCUT2D eigenvalue weighted by atomic mass is 9.94. The van der Waals surface area contributed by atoms with Crippen LogP contribution in [0.2, 0.25) is 0 Å². The standard InChI is InChI=1S/C32H36N6O/c1-21(2)26-7-5-6-8-27(26)30-33-18-25-17-29(39)38(32(25)35-30)20-22-9-11-24(12-10-22)31-34-19-28(37(31)4)23-13-15-36(3)16-14-23/h5-12,18-19,21,23H,13-17,20H2,1-4H3. The molecule has 7 heteroatoms. The second-order valence-corrected chi connectivity index (χ2v) is 11.3. The van der Waals surface area contributed by atoms with Crippen LogP contribution in [-0.2, 0) is 24.8 Å². The second-order valence-electron chi connectivity index (χ2n) is 11.3. The van der Waals surface area contributed by atoms with Crippen molar-refractivity contribution in [1.29, 1.82) is 0 Å². The van der Waals surface area contributed by atoms with Gasteiger partial charge in [0.2, 0.25) is 5.91 Å². The molecule has 2 aromatic heterocycles. The summed E-state index contributed by atoms with van der Waals surface area (Å²) < 4.78 is 2.25. The van der Waals surface area contributed by atoms with Gasteiger partial charge in [0.25, 0.3) is 0 Å². The normalized spacial score (nSPS) is 16.3. The van der Waals surface area contributed by atoms with Crippen molar-refractivity contribution in [2.45, 2.75) is 51.5 Å². The summed E-state index contributed by atoms with van der Waals surface area (Å²) in [5, 5.41) is 0. The lowest BCUT2D eigenvalue weighted by Gasteiger charge is -2.29. The molecule has 0 spiro atoms. The predicted octanol–water partition coefficient (Wildman–Crippen LogP) is 5.57. The summed E-state index contributed by atoms with van der Waals surface area (Å²) >= 11 is 0. The Morgan fingerprint density at radius 2 is 1.69 bits per heavy atom. The zero-order valence-electron chi connectivity index (χ0n) is 23.3. The summed E-state index contributed by atoms with van der Waals surface area (Å²) in [5.74, 6) is 3.35. The molecule has 4 aromatic rings. The number of hydrogen-bond acceptors (Lipinski definition) is 5. The molecule has 0 N–H and O–H groups in total. The monoisotopic (exact) mass is 520 g/mol. The van der Waals surface area contributed by atoms with Gasteiger partial charge < -0.3 is 9.47 Å². The van der Waals surface area contributed by atoms with Crippen molar-refractivity contribution in [2.75, 3.05) is 25.0 Å². The number of carbonyl (C=O) groups excluding carboxylic acids is 1. The molecular formula is C32H36N6O. The van der Waals surface area contributed by atoms with Crippen molar-refractivity contribution >= 4 is 11.7 Å². The Kier molecular flexibility index (Phi) is 6.77. The van der Waals surface area contributed by atoms with Gasteiger partial charge in [-0.1, -0.05) is 62.4 Å². The Morgan fingerprint density at radius 1 is 0.949 bits per heavy atom. The van der Waals surface area contributed by atoms with Crippen LogP contribution >= 0.6 is 0 Å². The number of imidazole rings is 1. The summed E-state index contributed by atoms with van der Waals surface area (Å²) in [6.07, 6.45) is 6.56. The van der Waals surface area contributed by atoms with Gasteiger partial charge in [-0.3, -0.25) is 9.69 Å². The Hall–Kier alpha value is -3.84. The minimum Gasteiger partial charge on any atom is -0.331 e. The molecule has 200 valence electrons. The van der Waals surface area contributed by atoms with E-state index >= 15 is 0 Å². The molecule has 2 aliphatic heterocycles. The predicted molar refractivity (Wildman–Crippen MR) is 155 cm³/mol. The highest BCUT2D eigenvalue weighted by molar-refractivity contribution is 6.00. The van der Waals surface area contributed by atoms with E-state index in [4.69, 9.17) is 9.97 Å². The highest BCUT2D eigenvalue weighted by atomic mass is 16.2. The van der Waals surface area contributed by atoms with Crippen LogP contribution < -0.4 is 4.90 Å². The molecule has 2 aromatic carbocycles. The van der Waals surface area contributed by atoms with Crippen LogP contribution in [0.4, 0.5) is 5.82 Å². The van der Waals surface area contributed by atoms with Gasteiger partial charge in [-0.05, 0) is 50.0 Å². The Bertz CT molecular complexity index is 1500. The first-order chi connectivity index (χ1) is 18.9. The van der Waals surface area contributed by atoms with Gasteiger partial charge in [-0.15, -0.1) is 0 Å². The number of anilines is 1. The summed E-state index contributed by atoms with van der Waals surface area (Å²) in [6, 6.07) is 16.7. The number of rotatable bonds is 6. The molecule has 1 saturated heterocycles. The van der Waals surface area contributed by atoms with E-state index in [1.807, 2.05) is 24.5 Å². The first kappa shape index (κ1) is 25.4. The van der Waals surface area contributed by atoms with E-state index in [0.29, 0.717) is 30.6 Å². The lowest BCUT2D eigenvalue weighted by molar-refractivity contribution is -0.117. The van der Waals surface area contributed by atoms with Crippen LogP contribution in [0.5, 0.6) is 0 Å². The molecule has 0 atom stereocenters. The molecule has 0 radical (unpaired) electrons. The van der Waals surface area contributed by atoms with Crippen LogP contribution in [0.25, 0.3) is 22.8 Å². The number of amides is 1. The zero-order valence-corrected chi connectivity index (χ0v) is 23.3. The molecule has 0 saturated carbocycles. The van der Waals surface area contributed by atoms with E-state index in [-0.39, 0.29) is 5.91 Å². The molecule has 1 amide bonds. The van der Waals surface area contributed by atoms with Gasteiger partial charge in [-0.25, -0.2) is 15.0 Å². The molecule has 0 bridgehead atoms. The van der Waals surface area contributed by atoms with E-state index in [0.717, 1.165) is 47.0 Å². The topological polar surface area (TPSA) is 67.2 Å². The van der Waals surface area contributed by atoms with Gasteiger partial charge in [0.1, 0.15) is 11.6 Å². The quantitative estimate of drug-likeness (QED) is 0.333. The largest absolute Gasteiger partial charge is 0.331 e. The third-order valence-corrected chi connectivity index (χ3v) is 8.28. The van der Waals surface area contributed by atoms with Crippen molar-refractivity contribution in [1.82, 2.24) is 24.4 Å². The molecule has 0 aliphatic carbocycles. The van der Waals surface area contributed by atoms with Crippen LogP contribution in [0, 0.1) is 0 Å². The molecule has 7 nitrogen and oxygen atoms in total. The Morgan fingerprint density at radius 3 is 2.44 bits per heavy atom. The molecular weight excluding hydrogens is 484 g/mol. The van der Waals surface area contributed by atoms with E-state index in [1.165, 1.54) is 24.1 Å². The molecule has 4 heterocycles. The highest BCUT2D eigenvalue weighted by Gasteiger charge is 2.30. The number of fused-ring (bicyclic) bond motifs is 1. The first-order valence-electron chi connectivity index (χ1n) is 13.9. The number of piperidine rings is 1. The number of nitrogens with zero attached hydrogens (tertiary/aromatic N) is 6. The van der Waals surface area contributed by atoms with Crippen LogP contribution in [-0.4, -0.2) is 50.5 Å². The highest BCUT2D eigenvalue weighted by Crippen LogP contribution is 2.34. The van der Waals surface area contributed by atoms with Crippen molar-refractivity contribution in [2.24, 2.45) is 7.05 Å². The fraction of sp³-hybridized carbons (Fsp3) is 0.375. The number of carbonyl (C=O) groups is 1. The van der Waals surface area contributed by atoms with Crippen molar-refractivity contribution in [3.05, 3.63) is 83.3 Å². The smallest absolute Gasteiger partial charge is 0.233 e. The fourth-order valence-corrected chi connectivity index (χ4v) is 5.95. The minimum absolute atomic E-state index is 0.0598. The fourth-order valence-electron chi connectivity index (χ4n) is 5.95. The van der Waals surface area contributed by atoms with E-state index in [9.17, 15) is 4.79 Å². The molecule has 6 rings (SSSR count). The van der Waals surface area contributed by atoms with Crippen molar-refractivity contribution < 1.29 is 4.79 Å². The molecule has 2 aliphatic rings. The maximum absolute atomic E-state index is 13.0. The number of benzene rings is 2. The summed E-state index contributed by atoms with van der Waals surface area (Å²) in [4.78, 5) is 31.5. The lowest BCUT2D eigenvalue weighted by Crippen LogP contribution is -2.29. The minimum atomic E-state index is 0.0598. The van der Waals surface area contributed by atoms with Gasteiger partial charge in [-0.2, -0.15) is 0 Å². The molecule has 1 fully saturated rings. The second kappa shape index (κ2) is 10.4. The average Bonchev–Trinajstić information content (AvgIpc) is 3.48. The molecule has 0 unspecified atom stereocenters. The van der Waals surface area contributed by atoms with Crippen LogP contribution in [0.15, 0.2) is 60.9 Å². The maximum Gasteiger partial charge on any atom is 0.233 e. The molecule has 39 heavy (non-hydrogen) atoms. The van der Waals surface area contributed by atoms with E-state index in [2.05, 4.69) is 78.8 Å². The van der Waals surface area contributed by atoms with Crippen LogP contribution in [0.1, 0.15) is 60.9 Å². The summed E-state index contributed by atoms with van der Waals surface area (Å²) in [6.45, 7) is 7.10. The third kappa shape index (κ3) is 4.87. The van der Waals surface area contributed by atoms with Gasteiger partial charge in [0.05, 0.1) is 13.0 Å².